The molecule has 1 N–H and O–H groups in total. The van der Waals surface area contributed by atoms with Crippen LogP contribution in [-0.2, 0) is 14.8 Å². The van der Waals surface area contributed by atoms with E-state index in [9.17, 15) is 23.3 Å². The van der Waals surface area contributed by atoms with Gasteiger partial charge in [-0.1, -0.05) is 29.3 Å². The number of aryl methyl sites for hydroxylation is 1. The van der Waals surface area contributed by atoms with Crippen molar-refractivity contribution in [2.75, 3.05) is 23.3 Å². The Bertz CT molecular complexity index is 1280. The number of amides is 1. The van der Waals surface area contributed by atoms with Gasteiger partial charge in [0.1, 0.15) is 12.3 Å². The fourth-order valence-corrected chi connectivity index (χ4v) is 4.53. The lowest BCUT2D eigenvalue weighted by atomic mass is 10.2. The number of nitro groups is 1. The van der Waals surface area contributed by atoms with Gasteiger partial charge in [0.2, 0.25) is 5.91 Å². The van der Waals surface area contributed by atoms with Gasteiger partial charge in [-0.2, -0.15) is 0 Å². The summed E-state index contributed by atoms with van der Waals surface area (Å²) in [5, 5.41) is 14.0. The Morgan fingerprint density at radius 2 is 1.73 bits per heavy atom. The minimum atomic E-state index is -4.13. The van der Waals surface area contributed by atoms with Crippen LogP contribution in [0.3, 0.4) is 0 Å². The highest BCUT2D eigenvalue weighted by atomic mass is 35.5. The Kier molecular flexibility index (Phi) is 7.19. The average Bonchev–Trinajstić information content (AvgIpc) is 2.78. The normalized spacial score (nSPS) is 11.0. The maximum absolute atomic E-state index is 13.4. The number of benzene rings is 3. The predicted molar refractivity (Wildman–Crippen MR) is 125 cm³/mol. The number of hydrogen-bond donors (Lipinski definition) is 1. The lowest BCUT2D eigenvalue weighted by molar-refractivity contribution is -0.384. The molecular formula is C22H20ClN3O6S. The molecule has 9 nitrogen and oxygen atoms in total. The van der Waals surface area contributed by atoms with Crippen molar-refractivity contribution in [3.05, 3.63) is 87.4 Å². The molecule has 0 aliphatic heterocycles. The van der Waals surface area contributed by atoms with E-state index in [2.05, 4.69) is 5.32 Å². The fourth-order valence-electron chi connectivity index (χ4n) is 2.99. The van der Waals surface area contributed by atoms with E-state index in [1.807, 2.05) is 6.92 Å². The van der Waals surface area contributed by atoms with E-state index in [-0.39, 0.29) is 27.7 Å². The van der Waals surface area contributed by atoms with Gasteiger partial charge in [-0.3, -0.25) is 19.2 Å². The molecule has 0 fully saturated rings. The second kappa shape index (κ2) is 9.88. The maximum Gasteiger partial charge on any atom is 0.271 e. The molecule has 3 rings (SSSR count). The summed E-state index contributed by atoms with van der Waals surface area (Å²) in [4.78, 5) is 23.3. The summed E-state index contributed by atoms with van der Waals surface area (Å²) in [5.41, 5.74) is 0.977. The Morgan fingerprint density at radius 3 is 2.30 bits per heavy atom. The quantitative estimate of drug-likeness (QED) is 0.370. The van der Waals surface area contributed by atoms with Crippen LogP contribution in [0.25, 0.3) is 0 Å². The van der Waals surface area contributed by atoms with Crippen LogP contribution in [0.15, 0.2) is 71.6 Å². The van der Waals surface area contributed by atoms with Gasteiger partial charge < -0.3 is 10.1 Å². The van der Waals surface area contributed by atoms with Gasteiger partial charge in [0.15, 0.2) is 0 Å². The van der Waals surface area contributed by atoms with E-state index in [1.54, 1.807) is 24.3 Å². The van der Waals surface area contributed by atoms with Crippen molar-refractivity contribution in [3.8, 4) is 5.75 Å². The Hall–Kier alpha value is -3.63. The summed E-state index contributed by atoms with van der Waals surface area (Å²) in [5.74, 6) is -0.525. The number of carbonyl (C=O) groups is 1. The van der Waals surface area contributed by atoms with E-state index >= 15 is 0 Å². The smallest absolute Gasteiger partial charge is 0.271 e. The molecule has 0 saturated carbocycles. The number of hydrogen-bond acceptors (Lipinski definition) is 6. The summed E-state index contributed by atoms with van der Waals surface area (Å²) in [6.45, 7) is 1.27. The van der Waals surface area contributed by atoms with Crippen molar-refractivity contribution in [1.82, 2.24) is 0 Å². The number of halogens is 1. The largest absolute Gasteiger partial charge is 0.495 e. The van der Waals surface area contributed by atoms with Crippen LogP contribution in [0.4, 0.5) is 17.1 Å². The maximum atomic E-state index is 13.4. The summed E-state index contributed by atoms with van der Waals surface area (Å²) in [7, 11) is -2.79. The molecule has 172 valence electrons. The third kappa shape index (κ3) is 5.60. The standard InChI is InChI=1S/C22H20ClN3O6S/c1-15-3-7-17(8-4-15)25(33(30,31)19-10-5-16(23)6-11-19)14-22(27)24-20-13-18(26(28)29)9-12-21(20)32-2/h3-13H,14H2,1-2H3,(H,24,27). The Morgan fingerprint density at radius 1 is 1.09 bits per heavy atom. The van der Waals surface area contributed by atoms with Crippen molar-refractivity contribution >= 4 is 44.6 Å². The third-order valence-corrected chi connectivity index (χ3v) is 6.72. The van der Waals surface area contributed by atoms with Crippen molar-refractivity contribution in [3.63, 3.8) is 0 Å². The van der Waals surface area contributed by atoms with E-state index in [0.29, 0.717) is 5.02 Å². The zero-order valence-corrected chi connectivity index (χ0v) is 19.3. The van der Waals surface area contributed by atoms with Crippen LogP contribution < -0.4 is 14.4 Å². The van der Waals surface area contributed by atoms with Crippen molar-refractivity contribution < 1.29 is 22.9 Å². The number of rotatable bonds is 8. The number of nitrogens with zero attached hydrogens (tertiary/aromatic N) is 2. The molecule has 0 radical (unpaired) electrons. The van der Waals surface area contributed by atoms with Crippen LogP contribution in [-0.4, -0.2) is 32.9 Å². The van der Waals surface area contributed by atoms with Crippen molar-refractivity contribution in [1.29, 1.82) is 0 Å². The predicted octanol–water partition coefficient (Wildman–Crippen LogP) is 4.40. The molecule has 0 aliphatic carbocycles. The lowest BCUT2D eigenvalue weighted by Crippen LogP contribution is -2.38. The van der Waals surface area contributed by atoms with E-state index in [1.165, 1.54) is 43.5 Å². The SMILES string of the molecule is COc1ccc([N+](=O)[O-])cc1NC(=O)CN(c1ccc(C)cc1)S(=O)(=O)c1ccc(Cl)cc1. The number of carbonyl (C=O) groups excluding carboxylic acids is 1. The number of non-ortho nitro benzene ring substituents is 1. The van der Waals surface area contributed by atoms with Gasteiger partial charge in [-0.05, 0) is 49.4 Å². The molecule has 0 unspecified atom stereocenters. The monoisotopic (exact) mass is 489 g/mol. The van der Waals surface area contributed by atoms with E-state index < -0.39 is 27.4 Å². The first kappa shape index (κ1) is 24.0. The summed E-state index contributed by atoms with van der Waals surface area (Å²) >= 11 is 5.88. The van der Waals surface area contributed by atoms with Gasteiger partial charge in [-0.25, -0.2) is 8.42 Å². The summed E-state index contributed by atoms with van der Waals surface area (Å²) in [6.07, 6.45) is 0. The van der Waals surface area contributed by atoms with Crippen LogP contribution in [0.1, 0.15) is 5.56 Å². The number of ether oxygens (including phenoxy) is 1. The number of sulfonamides is 1. The highest BCUT2D eigenvalue weighted by Gasteiger charge is 2.28. The fraction of sp³-hybridized carbons (Fsp3) is 0.136. The topological polar surface area (TPSA) is 119 Å². The Balaban J connectivity index is 1.96. The van der Waals surface area contributed by atoms with Crippen LogP contribution in [0, 0.1) is 17.0 Å². The third-order valence-electron chi connectivity index (χ3n) is 4.68. The molecule has 0 aliphatic rings. The molecule has 0 saturated heterocycles. The Labute approximate surface area is 195 Å². The molecule has 11 heteroatoms. The molecule has 3 aromatic rings. The number of methoxy groups -OCH3 is 1. The molecule has 0 heterocycles. The first-order chi connectivity index (χ1) is 15.6. The number of nitro benzene ring substituents is 1. The minimum Gasteiger partial charge on any atom is -0.495 e. The van der Waals surface area contributed by atoms with Crippen LogP contribution in [0.2, 0.25) is 5.02 Å². The molecule has 0 aromatic heterocycles. The average molecular weight is 490 g/mol. The first-order valence-electron chi connectivity index (χ1n) is 9.59. The van der Waals surface area contributed by atoms with Gasteiger partial charge in [0.05, 0.1) is 28.3 Å². The first-order valence-corrected chi connectivity index (χ1v) is 11.4. The van der Waals surface area contributed by atoms with Crippen LogP contribution in [0.5, 0.6) is 5.75 Å². The van der Waals surface area contributed by atoms with Gasteiger partial charge in [-0.15, -0.1) is 0 Å². The molecule has 0 spiro atoms. The molecule has 0 atom stereocenters. The number of nitrogens with one attached hydrogen (secondary N) is 1. The highest BCUT2D eigenvalue weighted by molar-refractivity contribution is 7.92. The van der Waals surface area contributed by atoms with E-state index in [4.69, 9.17) is 16.3 Å². The van der Waals surface area contributed by atoms with Crippen LogP contribution >= 0.6 is 11.6 Å². The van der Waals surface area contributed by atoms with E-state index in [0.717, 1.165) is 15.9 Å². The molecule has 33 heavy (non-hydrogen) atoms. The van der Waals surface area contributed by atoms with Gasteiger partial charge >= 0.3 is 0 Å². The zero-order chi connectivity index (χ0) is 24.2. The zero-order valence-electron chi connectivity index (χ0n) is 17.7. The lowest BCUT2D eigenvalue weighted by Gasteiger charge is -2.24. The molecular weight excluding hydrogens is 470 g/mol. The van der Waals surface area contributed by atoms with Gasteiger partial charge in [0, 0.05) is 17.2 Å². The van der Waals surface area contributed by atoms with Gasteiger partial charge in [0.25, 0.3) is 15.7 Å². The minimum absolute atomic E-state index is 0.0458. The second-order valence-electron chi connectivity index (χ2n) is 6.99. The molecule has 1 amide bonds. The van der Waals surface area contributed by atoms with Crippen molar-refractivity contribution in [2.45, 2.75) is 11.8 Å². The highest BCUT2D eigenvalue weighted by Crippen LogP contribution is 2.30. The van der Waals surface area contributed by atoms with Crippen molar-refractivity contribution in [2.24, 2.45) is 0 Å². The molecule has 3 aromatic carbocycles. The second-order valence-corrected chi connectivity index (χ2v) is 9.29. The summed E-state index contributed by atoms with van der Waals surface area (Å²) in [6, 6.07) is 15.9. The molecule has 0 bridgehead atoms. The number of anilines is 2. The summed E-state index contributed by atoms with van der Waals surface area (Å²) < 4.78 is 32.8.